The van der Waals surface area contributed by atoms with Crippen molar-refractivity contribution < 1.29 is 28.2 Å². The van der Waals surface area contributed by atoms with Crippen molar-refractivity contribution >= 4 is 23.6 Å². The molecule has 0 unspecified atom stereocenters. The fourth-order valence-corrected chi connectivity index (χ4v) is 3.78. The maximum Gasteiger partial charge on any atom is 0.277 e. The number of nitrogens with one attached hydrogen (secondary N) is 1. The topological polar surface area (TPSA) is 131 Å². The van der Waals surface area contributed by atoms with Crippen molar-refractivity contribution in [2.45, 2.75) is 5.22 Å². The van der Waals surface area contributed by atoms with Crippen LogP contribution < -0.4 is 24.3 Å². The molecule has 0 saturated carbocycles. The highest BCUT2D eigenvalue weighted by Crippen LogP contribution is 2.41. The molecular weight excluding hydrogens is 486 g/mol. The number of amides is 1. The number of rotatable bonds is 10. The van der Waals surface area contributed by atoms with Crippen LogP contribution in [0.2, 0.25) is 0 Å². The van der Waals surface area contributed by atoms with Gasteiger partial charge in [-0.05, 0) is 42.5 Å². The highest BCUT2D eigenvalue weighted by molar-refractivity contribution is 7.99. The average molecular weight is 510 g/mol. The Hall–Kier alpha value is -4.32. The molecule has 36 heavy (non-hydrogen) atoms. The van der Waals surface area contributed by atoms with Gasteiger partial charge in [-0.2, -0.15) is 0 Å². The lowest BCUT2D eigenvalue weighted by molar-refractivity contribution is -0.113. The van der Waals surface area contributed by atoms with Gasteiger partial charge in [-0.25, -0.2) is 9.97 Å². The lowest BCUT2D eigenvalue weighted by atomic mass is 10.1. The summed E-state index contributed by atoms with van der Waals surface area (Å²) in [5.74, 6) is 2.24. The van der Waals surface area contributed by atoms with Crippen molar-refractivity contribution in [3.8, 4) is 45.7 Å². The van der Waals surface area contributed by atoms with Crippen LogP contribution in [0.4, 0.5) is 5.95 Å². The maximum atomic E-state index is 12.5. The fourth-order valence-electron chi connectivity index (χ4n) is 3.22. The van der Waals surface area contributed by atoms with Gasteiger partial charge in [0, 0.05) is 17.3 Å². The van der Waals surface area contributed by atoms with Crippen molar-refractivity contribution in [3.05, 3.63) is 48.7 Å². The van der Waals surface area contributed by atoms with Gasteiger partial charge >= 0.3 is 0 Å². The highest BCUT2D eigenvalue weighted by atomic mass is 32.2. The van der Waals surface area contributed by atoms with Crippen molar-refractivity contribution in [1.29, 1.82) is 0 Å². The Bertz CT molecular complexity index is 1320. The van der Waals surface area contributed by atoms with Crippen molar-refractivity contribution in [1.82, 2.24) is 20.2 Å². The molecule has 2 heterocycles. The van der Waals surface area contributed by atoms with Crippen molar-refractivity contribution in [2.75, 3.05) is 39.5 Å². The zero-order chi connectivity index (χ0) is 25.5. The summed E-state index contributed by atoms with van der Waals surface area (Å²) >= 11 is 1.09. The molecule has 0 saturated heterocycles. The van der Waals surface area contributed by atoms with Gasteiger partial charge in [0.05, 0.1) is 39.9 Å². The van der Waals surface area contributed by atoms with Crippen molar-refractivity contribution in [2.24, 2.45) is 0 Å². The minimum atomic E-state index is -0.320. The molecule has 186 valence electrons. The lowest BCUT2D eigenvalue weighted by Gasteiger charge is -2.12. The number of methoxy groups -OCH3 is 4. The Balaban J connectivity index is 1.39. The van der Waals surface area contributed by atoms with Crippen LogP contribution in [0.1, 0.15) is 0 Å². The molecule has 4 aromatic rings. The molecule has 0 atom stereocenters. The highest BCUT2D eigenvalue weighted by Gasteiger charge is 2.18. The summed E-state index contributed by atoms with van der Waals surface area (Å²) < 4.78 is 26.9. The number of ether oxygens (including phenoxy) is 4. The van der Waals surface area contributed by atoms with Crippen LogP contribution >= 0.6 is 11.8 Å². The van der Waals surface area contributed by atoms with Gasteiger partial charge in [-0.15, -0.1) is 10.2 Å². The third-order valence-corrected chi connectivity index (χ3v) is 5.76. The maximum absolute atomic E-state index is 12.5. The van der Waals surface area contributed by atoms with Crippen LogP contribution in [-0.4, -0.2) is 60.3 Å². The SMILES string of the molecule is COc1ccc(-c2ccnc(NC(=O)CSc3nnc(-c4cc(OC)c(OC)c(OC)c4)o3)n2)cc1. The van der Waals surface area contributed by atoms with Crippen LogP contribution in [0.3, 0.4) is 0 Å². The van der Waals surface area contributed by atoms with E-state index in [2.05, 4.69) is 25.5 Å². The van der Waals surface area contributed by atoms with E-state index in [1.165, 1.54) is 21.3 Å². The molecule has 2 aromatic carbocycles. The van der Waals surface area contributed by atoms with Crippen LogP contribution in [0, 0.1) is 0 Å². The Labute approximate surface area is 211 Å². The molecule has 0 bridgehead atoms. The number of hydrogen-bond donors (Lipinski definition) is 1. The first kappa shape index (κ1) is 24.8. The minimum Gasteiger partial charge on any atom is -0.497 e. The van der Waals surface area contributed by atoms with Crippen molar-refractivity contribution in [3.63, 3.8) is 0 Å². The number of thioether (sulfide) groups is 1. The van der Waals surface area contributed by atoms with Gasteiger partial charge in [-0.3, -0.25) is 10.1 Å². The number of carbonyl (C=O) groups excluding carboxylic acids is 1. The second kappa shape index (κ2) is 11.4. The third kappa shape index (κ3) is 5.66. The molecule has 11 nitrogen and oxygen atoms in total. The largest absolute Gasteiger partial charge is 0.497 e. The Kier molecular flexibility index (Phi) is 7.85. The molecule has 0 radical (unpaired) electrons. The molecule has 0 fully saturated rings. The van der Waals surface area contributed by atoms with Gasteiger partial charge in [-0.1, -0.05) is 11.8 Å². The summed E-state index contributed by atoms with van der Waals surface area (Å²) in [5.41, 5.74) is 2.12. The molecule has 0 spiro atoms. The van der Waals surface area contributed by atoms with Gasteiger partial charge in [0.1, 0.15) is 5.75 Å². The standard InChI is InChI=1S/C24H23N5O6S/c1-31-16-7-5-14(6-8-16)17-9-10-25-23(26-17)27-20(30)13-36-24-29-28-22(35-24)15-11-18(32-2)21(34-4)19(12-15)33-3/h5-12H,13H2,1-4H3,(H,25,26,27,30). The van der Waals surface area contributed by atoms with Gasteiger partial charge in [0.15, 0.2) is 11.5 Å². The Morgan fingerprint density at radius 2 is 1.64 bits per heavy atom. The summed E-state index contributed by atoms with van der Waals surface area (Å²) in [5, 5.41) is 11.0. The predicted octanol–water partition coefficient (Wildman–Crippen LogP) is 3.96. The third-order valence-electron chi connectivity index (χ3n) is 4.94. The monoisotopic (exact) mass is 509 g/mol. The number of hydrogen-bond acceptors (Lipinski definition) is 11. The van der Waals surface area contributed by atoms with E-state index in [4.69, 9.17) is 23.4 Å². The van der Waals surface area contributed by atoms with Gasteiger partial charge in [0.25, 0.3) is 5.22 Å². The van der Waals surface area contributed by atoms with E-state index < -0.39 is 0 Å². The Morgan fingerprint density at radius 1 is 0.917 bits per heavy atom. The molecule has 1 N–H and O–H groups in total. The summed E-state index contributed by atoms with van der Waals surface area (Å²) in [7, 11) is 6.16. The number of carbonyl (C=O) groups is 1. The summed E-state index contributed by atoms with van der Waals surface area (Å²) in [6.45, 7) is 0. The quantitative estimate of drug-likeness (QED) is 0.312. The second-order valence-corrected chi connectivity index (χ2v) is 8.04. The number of aromatic nitrogens is 4. The van der Waals surface area contributed by atoms with E-state index in [1.54, 1.807) is 31.5 Å². The number of anilines is 1. The number of benzene rings is 2. The molecule has 1 amide bonds. The molecule has 2 aromatic heterocycles. The van der Waals surface area contributed by atoms with E-state index in [1.807, 2.05) is 24.3 Å². The molecule has 4 rings (SSSR count). The molecule has 0 aliphatic carbocycles. The molecule has 0 aliphatic heterocycles. The number of nitrogens with zero attached hydrogens (tertiary/aromatic N) is 4. The summed E-state index contributed by atoms with van der Waals surface area (Å²) in [4.78, 5) is 21.0. The first-order chi connectivity index (χ1) is 17.5. The summed E-state index contributed by atoms with van der Waals surface area (Å²) in [6, 6.07) is 12.6. The fraction of sp³-hybridized carbons (Fsp3) is 0.208. The van der Waals surface area contributed by atoms with Gasteiger partial charge in [0.2, 0.25) is 23.5 Å². The average Bonchev–Trinajstić information content (AvgIpc) is 3.40. The first-order valence-corrected chi connectivity index (χ1v) is 11.6. The Morgan fingerprint density at radius 3 is 2.28 bits per heavy atom. The predicted molar refractivity (Wildman–Crippen MR) is 133 cm³/mol. The van der Waals surface area contributed by atoms with E-state index in [9.17, 15) is 4.79 Å². The van der Waals surface area contributed by atoms with Crippen LogP contribution in [0.5, 0.6) is 23.0 Å². The van der Waals surface area contributed by atoms with E-state index in [-0.39, 0.29) is 28.7 Å². The first-order valence-electron chi connectivity index (χ1n) is 10.6. The molecule has 0 aliphatic rings. The summed E-state index contributed by atoms with van der Waals surface area (Å²) in [6.07, 6.45) is 1.58. The normalized spacial score (nSPS) is 10.6. The van der Waals surface area contributed by atoms with E-state index in [0.29, 0.717) is 28.5 Å². The minimum absolute atomic E-state index is 0.0208. The van der Waals surface area contributed by atoms with Crippen LogP contribution in [0.25, 0.3) is 22.7 Å². The molecule has 12 heteroatoms. The van der Waals surface area contributed by atoms with Crippen LogP contribution in [0.15, 0.2) is 58.3 Å². The lowest BCUT2D eigenvalue weighted by Crippen LogP contribution is -2.16. The van der Waals surface area contributed by atoms with Crippen LogP contribution in [-0.2, 0) is 4.79 Å². The van der Waals surface area contributed by atoms with Gasteiger partial charge < -0.3 is 23.4 Å². The van der Waals surface area contributed by atoms with E-state index in [0.717, 1.165) is 23.1 Å². The second-order valence-electron chi connectivity index (χ2n) is 7.12. The zero-order valence-electron chi connectivity index (χ0n) is 20.0. The molecular formula is C24H23N5O6S. The smallest absolute Gasteiger partial charge is 0.277 e. The van der Waals surface area contributed by atoms with E-state index >= 15 is 0 Å². The zero-order valence-corrected chi connectivity index (χ0v) is 20.8.